The third kappa shape index (κ3) is 5.07. The second-order valence-corrected chi connectivity index (χ2v) is 7.91. The fourth-order valence-electron chi connectivity index (χ4n) is 3.96. The molecule has 34 heavy (non-hydrogen) atoms. The molecule has 8 nitrogen and oxygen atoms in total. The minimum atomic E-state index is -0.247. The maximum Gasteiger partial charge on any atom is 0.248 e. The molecular weight excluding hydrogens is 434 g/mol. The summed E-state index contributed by atoms with van der Waals surface area (Å²) in [6, 6.07) is 11.4. The second kappa shape index (κ2) is 10.4. The minimum absolute atomic E-state index is 0.247. The Kier molecular flexibility index (Phi) is 7.18. The summed E-state index contributed by atoms with van der Waals surface area (Å²) < 4.78 is 21.5. The Morgan fingerprint density at radius 3 is 2.38 bits per heavy atom. The summed E-state index contributed by atoms with van der Waals surface area (Å²) in [5, 5.41) is 3.92. The largest absolute Gasteiger partial charge is 0.493 e. The number of aromatic nitrogens is 1. The number of nitrogens with one attached hydrogen (secondary N) is 1. The van der Waals surface area contributed by atoms with Crippen LogP contribution in [-0.4, -0.2) is 58.5 Å². The van der Waals surface area contributed by atoms with E-state index < -0.39 is 0 Å². The number of pyridine rings is 1. The fourth-order valence-corrected chi connectivity index (χ4v) is 3.96. The Balaban J connectivity index is 1.50. The zero-order valence-corrected chi connectivity index (χ0v) is 19.9. The van der Waals surface area contributed by atoms with Crippen molar-refractivity contribution >= 4 is 34.4 Å². The average Bonchev–Trinajstić information content (AvgIpc) is 2.87. The zero-order valence-electron chi connectivity index (χ0n) is 19.9. The number of carbonyl (C=O) groups is 1. The van der Waals surface area contributed by atoms with Gasteiger partial charge in [0.15, 0.2) is 11.5 Å². The van der Waals surface area contributed by atoms with E-state index in [4.69, 9.17) is 23.9 Å². The Hall–Kier alpha value is -3.78. The van der Waals surface area contributed by atoms with Gasteiger partial charge in [-0.05, 0) is 60.5 Å². The quantitative estimate of drug-likeness (QED) is 0.529. The first kappa shape index (κ1) is 23.4. The van der Waals surface area contributed by atoms with Crippen molar-refractivity contribution in [3.63, 3.8) is 0 Å². The maximum absolute atomic E-state index is 12.6. The molecule has 1 fully saturated rings. The molecule has 4 rings (SSSR count). The molecule has 0 aliphatic carbocycles. The molecule has 178 valence electrons. The van der Waals surface area contributed by atoms with Crippen LogP contribution in [0.3, 0.4) is 0 Å². The van der Waals surface area contributed by atoms with Gasteiger partial charge < -0.3 is 29.2 Å². The van der Waals surface area contributed by atoms with E-state index in [1.807, 2.05) is 18.2 Å². The second-order valence-electron chi connectivity index (χ2n) is 7.91. The highest BCUT2D eigenvalue weighted by atomic mass is 16.5. The number of amides is 1. The standard InChI is InChI=1S/C26H29N3O5/c1-17-13-24(29-9-11-34-12-10-29)28-21-7-6-19(16-20(17)21)27-25(30)8-5-18-14-22(31-2)26(33-4)23(15-18)32-3/h5-8,13-16H,9-12H2,1-4H3,(H,27,30). The molecule has 1 saturated heterocycles. The van der Waals surface area contributed by atoms with Gasteiger partial charge in [-0.3, -0.25) is 4.79 Å². The number of aryl methyl sites for hydroxylation is 1. The smallest absolute Gasteiger partial charge is 0.248 e. The van der Waals surface area contributed by atoms with Gasteiger partial charge in [0.1, 0.15) is 5.82 Å². The van der Waals surface area contributed by atoms with Crippen LogP contribution in [0.15, 0.2) is 42.5 Å². The number of morpholine rings is 1. The van der Waals surface area contributed by atoms with Crippen LogP contribution in [0.25, 0.3) is 17.0 Å². The summed E-state index contributed by atoms with van der Waals surface area (Å²) in [5.74, 6) is 2.26. The highest BCUT2D eigenvalue weighted by Gasteiger charge is 2.15. The monoisotopic (exact) mass is 463 g/mol. The number of carbonyl (C=O) groups excluding carboxylic acids is 1. The summed E-state index contributed by atoms with van der Waals surface area (Å²) >= 11 is 0. The molecule has 1 aromatic heterocycles. The minimum Gasteiger partial charge on any atom is -0.493 e. The SMILES string of the molecule is COc1cc(C=CC(=O)Nc2ccc3nc(N4CCOCC4)cc(C)c3c2)cc(OC)c1OC. The van der Waals surface area contributed by atoms with E-state index in [0.717, 1.165) is 40.9 Å². The molecule has 1 aliphatic rings. The van der Waals surface area contributed by atoms with Gasteiger partial charge in [-0.25, -0.2) is 4.98 Å². The predicted molar refractivity (Wildman–Crippen MR) is 133 cm³/mol. The normalized spacial score (nSPS) is 13.8. The van der Waals surface area contributed by atoms with Gasteiger partial charge in [-0.2, -0.15) is 0 Å². The van der Waals surface area contributed by atoms with Crippen molar-refractivity contribution in [2.24, 2.45) is 0 Å². The van der Waals surface area contributed by atoms with Crippen LogP contribution < -0.4 is 24.4 Å². The fraction of sp³-hybridized carbons (Fsp3) is 0.308. The summed E-state index contributed by atoms with van der Waals surface area (Å²) in [7, 11) is 4.66. The number of nitrogens with zero attached hydrogens (tertiary/aromatic N) is 2. The van der Waals surface area contributed by atoms with Crippen molar-refractivity contribution in [2.45, 2.75) is 6.92 Å². The lowest BCUT2D eigenvalue weighted by molar-refractivity contribution is -0.111. The maximum atomic E-state index is 12.6. The van der Waals surface area contributed by atoms with Crippen LogP contribution in [-0.2, 0) is 9.53 Å². The molecule has 8 heteroatoms. The lowest BCUT2D eigenvalue weighted by Gasteiger charge is -2.28. The third-order valence-corrected chi connectivity index (χ3v) is 5.72. The molecule has 0 bridgehead atoms. The van der Waals surface area contributed by atoms with Gasteiger partial charge in [0.05, 0.1) is 40.1 Å². The van der Waals surface area contributed by atoms with E-state index in [1.54, 1.807) is 39.5 Å². The topological polar surface area (TPSA) is 82.2 Å². The van der Waals surface area contributed by atoms with Crippen molar-refractivity contribution in [2.75, 3.05) is 57.8 Å². The van der Waals surface area contributed by atoms with Gasteiger partial charge in [0.2, 0.25) is 11.7 Å². The predicted octanol–water partition coefficient (Wildman–Crippen LogP) is 4.06. The number of rotatable bonds is 7. The molecule has 0 spiro atoms. The Bertz CT molecular complexity index is 1190. The average molecular weight is 464 g/mol. The molecule has 0 radical (unpaired) electrons. The molecule has 2 heterocycles. The van der Waals surface area contributed by atoms with E-state index >= 15 is 0 Å². The molecule has 0 saturated carbocycles. The highest BCUT2D eigenvalue weighted by Crippen LogP contribution is 2.38. The van der Waals surface area contributed by atoms with Gasteiger partial charge >= 0.3 is 0 Å². The number of hydrogen-bond donors (Lipinski definition) is 1. The van der Waals surface area contributed by atoms with Crippen LogP contribution in [0, 0.1) is 6.92 Å². The molecule has 2 aromatic carbocycles. The number of methoxy groups -OCH3 is 3. The third-order valence-electron chi connectivity index (χ3n) is 5.72. The number of benzene rings is 2. The van der Waals surface area contributed by atoms with E-state index in [9.17, 15) is 4.79 Å². The van der Waals surface area contributed by atoms with E-state index in [-0.39, 0.29) is 5.91 Å². The van der Waals surface area contributed by atoms with Gasteiger partial charge in [-0.15, -0.1) is 0 Å². The van der Waals surface area contributed by atoms with Crippen molar-refractivity contribution in [1.82, 2.24) is 4.98 Å². The highest BCUT2D eigenvalue weighted by molar-refractivity contribution is 6.03. The summed E-state index contributed by atoms with van der Waals surface area (Å²) in [5.41, 5.74) is 3.46. The molecule has 3 aromatic rings. The van der Waals surface area contributed by atoms with Crippen molar-refractivity contribution in [1.29, 1.82) is 0 Å². The summed E-state index contributed by atoms with van der Waals surface area (Å²) in [6.45, 7) is 5.17. The molecule has 1 amide bonds. The number of fused-ring (bicyclic) bond motifs is 1. The first-order valence-corrected chi connectivity index (χ1v) is 11.1. The number of ether oxygens (including phenoxy) is 4. The zero-order chi connectivity index (χ0) is 24.1. The lowest BCUT2D eigenvalue weighted by Crippen LogP contribution is -2.36. The van der Waals surface area contributed by atoms with Gasteiger partial charge in [-0.1, -0.05) is 0 Å². The van der Waals surface area contributed by atoms with E-state index in [1.165, 1.54) is 6.08 Å². The molecular formula is C26H29N3O5. The summed E-state index contributed by atoms with van der Waals surface area (Å²) in [6.07, 6.45) is 3.17. The lowest BCUT2D eigenvalue weighted by atomic mass is 10.1. The Morgan fingerprint density at radius 1 is 1.03 bits per heavy atom. The van der Waals surface area contributed by atoms with Crippen LogP contribution in [0.5, 0.6) is 17.2 Å². The first-order chi connectivity index (χ1) is 16.5. The van der Waals surface area contributed by atoms with Crippen molar-refractivity contribution in [3.8, 4) is 17.2 Å². The van der Waals surface area contributed by atoms with Crippen LogP contribution in [0.1, 0.15) is 11.1 Å². The summed E-state index contributed by atoms with van der Waals surface area (Å²) in [4.78, 5) is 19.6. The number of hydrogen-bond acceptors (Lipinski definition) is 7. The van der Waals surface area contributed by atoms with E-state index in [0.29, 0.717) is 36.1 Å². The van der Waals surface area contributed by atoms with Crippen LogP contribution >= 0.6 is 0 Å². The molecule has 1 N–H and O–H groups in total. The molecule has 1 aliphatic heterocycles. The molecule has 0 atom stereocenters. The van der Waals surface area contributed by atoms with Crippen molar-refractivity contribution < 1.29 is 23.7 Å². The molecule has 0 unspecified atom stereocenters. The number of anilines is 2. The van der Waals surface area contributed by atoms with E-state index in [2.05, 4.69) is 23.2 Å². The van der Waals surface area contributed by atoms with Crippen LogP contribution in [0.4, 0.5) is 11.5 Å². The van der Waals surface area contributed by atoms with Crippen LogP contribution in [0.2, 0.25) is 0 Å². The van der Waals surface area contributed by atoms with Crippen molar-refractivity contribution in [3.05, 3.63) is 53.6 Å². The Labute approximate surface area is 199 Å². The Morgan fingerprint density at radius 2 is 1.74 bits per heavy atom. The van der Waals surface area contributed by atoms with Gasteiger partial charge in [0.25, 0.3) is 0 Å². The van der Waals surface area contributed by atoms with Gasteiger partial charge in [0, 0.05) is 30.2 Å². The first-order valence-electron chi connectivity index (χ1n) is 11.1.